The Kier molecular flexibility index (Phi) is 3.24. The molecule has 0 unspecified atom stereocenters. The predicted octanol–water partition coefficient (Wildman–Crippen LogP) is 4.28. The molecule has 0 saturated carbocycles. The summed E-state index contributed by atoms with van der Waals surface area (Å²) in [6.07, 6.45) is 1.73. The first-order valence-corrected chi connectivity index (χ1v) is 7.43. The maximum absolute atomic E-state index is 14.2. The van der Waals surface area contributed by atoms with Gasteiger partial charge in [0.05, 0.1) is 16.8 Å². The van der Waals surface area contributed by atoms with Crippen LogP contribution in [-0.4, -0.2) is 19.7 Å². The molecule has 0 spiro atoms. The quantitative estimate of drug-likeness (QED) is 0.560. The molecule has 0 amide bonds. The lowest BCUT2D eigenvalue weighted by Crippen LogP contribution is -2.00. The van der Waals surface area contributed by atoms with E-state index in [-0.39, 0.29) is 5.82 Å². The number of halogens is 1. The first kappa shape index (κ1) is 13.8. The summed E-state index contributed by atoms with van der Waals surface area (Å²) in [5, 5.41) is 7.89. The predicted molar refractivity (Wildman–Crippen MR) is 89.4 cm³/mol. The van der Waals surface area contributed by atoms with Crippen molar-refractivity contribution in [2.75, 3.05) is 0 Å². The van der Waals surface area contributed by atoms with Crippen LogP contribution in [0, 0.1) is 10.6 Å². The zero-order chi connectivity index (χ0) is 15.8. The Bertz CT molecular complexity index is 1060. The maximum atomic E-state index is 14.2. The van der Waals surface area contributed by atoms with E-state index in [1.54, 1.807) is 29.0 Å². The van der Waals surface area contributed by atoms with Crippen molar-refractivity contribution in [3.8, 4) is 17.1 Å². The fourth-order valence-corrected chi connectivity index (χ4v) is 2.86. The van der Waals surface area contributed by atoms with Gasteiger partial charge in [-0.2, -0.15) is 5.10 Å². The van der Waals surface area contributed by atoms with Gasteiger partial charge in [-0.1, -0.05) is 18.2 Å². The van der Waals surface area contributed by atoms with Crippen LogP contribution in [0.25, 0.3) is 28.0 Å². The standard InChI is InChI=1S/C17H11FN4S/c18-13-7-2-1-5-11(13)16-20-21-17(23)22(16)15-9-3-8-14-12(15)6-4-10-19-14/h1-10H,(H,21,23). The van der Waals surface area contributed by atoms with E-state index in [9.17, 15) is 4.39 Å². The first-order valence-electron chi connectivity index (χ1n) is 7.02. The molecule has 4 nitrogen and oxygen atoms in total. The molecule has 23 heavy (non-hydrogen) atoms. The summed E-state index contributed by atoms with van der Waals surface area (Å²) in [6, 6.07) is 16.0. The summed E-state index contributed by atoms with van der Waals surface area (Å²) in [5.74, 6) is 0.0885. The van der Waals surface area contributed by atoms with Crippen LogP contribution in [0.1, 0.15) is 0 Å². The summed E-state index contributed by atoms with van der Waals surface area (Å²) in [5.41, 5.74) is 2.04. The van der Waals surface area contributed by atoms with Gasteiger partial charge in [0.2, 0.25) is 0 Å². The highest BCUT2D eigenvalue weighted by Gasteiger charge is 2.15. The minimum Gasteiger partial charge on any atom is -0.267 e. The molecule has 112 valence electrons. The third-order valence-corrected chi connectivity index (χ3v) is 3.92. The summed E-state index contributed by atoms with van der Waals surface area (Å²) < 4.78 is 16.3. The van der Waals surface area contributed by atoms with Crippen molar-refractivity contribution in [2.24, 2.45) is 0 Å². The Morgan fingerprint density at radius 1 is 1.00 bits per heavy atom. The van der Waals surface area contributed by atoms with Crippen molar-refractivity contribution in [1.29, 1.82) is 0 Å². The van der Waals surface area contributed by atoms with Gasteiger partial charge in [0, 0.05) is 11.6 Å². The van der Waals surface area contributed by atoms with Crippen LogP contribution in [0.2, 0.25) is 0 Å². The summed E-state index contributed by atoms with van der Waals surface area (Å²) in [4.78, 5) is 4.35. The molecule has 2 heterocycles. The third-order valence-electron chi connectivity index (χ3n) is 3.65. The average molecular weight is 322 g/mol. The lowest BCUT2D eigenvalue weighted by atomic mass is 10.1. The van der Waals surface area contributed by atoms with Gasteiger partial charge in [-0.3, -0.25) is 14.6 Å². The van der Waals surface area contributed by atoms with Crippen LogP contribution >= 0.6 is 12.2 Å². The molecule has 1 N–H and O–H groups in total. The second-order valence-electron chi connectivity index (χ2n) is 5.01. The fraction of sp³-hybridized carbons (Fsp3) is 0. The third kappa shape index (κ3) is 2.24. The molecule has 0 aliphatic heterocycles. The average Bonchev–Trinajstić information content (AvgIpc) is 2.96. The van der Waals surface area contributed by atoms with Crippen LogP contribution in [0.5, 0.6) is 0 Å². The van der Waals surface area contributed by atoms with Crippen LogP contribution in [-0.2, 0) is 0 Å². The smallest absolute Gasteiger partial charge is 0.200 e. The summed E-state index contributed by atoms with van der Waals surface area (Å²) in [7, 11) is 0. The lowest BCUT2D eigenvalue weighted by molar-refractivity contribution is 0.629. The molecule has 2 aromatic heterocycles. The number of benzene rings is 2. The summed E-state index contributed by atoms with van der Waals surface area (Å²) in [6.45, 7) is 0. The van der Waals surface area contributed by atoms with Gasteiger partial charge in [0.1, 0.15) is 5.82 Å². The molecule has 4 rings (SSSR count). The van der Waals surface area contributed by atoms with Gasteiger partial charge in [-0.05, 0) is 48.6 Å². The van der Waals surface area contributed by atoms with Gasteiger partial charge >= 0.3 is 0 Å². The highest BCUT2D eigenvalue weighted by Crippen LogP contribution is 2.27. The molecule has 6 heteroatoms. The van der Waals surface area contributed by atoms with E-state index in [2.05, 4.69) is 15.2 Å². The first-order chi connectivity index (χ1) is 11.3. The van der Waals surface area contributed by atoms with Crippen LogP contribution < -0.4 is 0 Å². The fourth-order valence-electron chi connectivity index (χ4n) is 2.63. The number of pyridine rings is 1. The van der Waals surface area contributed by atoms with Gasteiger partial charge in [0.25, 0.3) is 0 Å². The normalized spacial score (nSPS) is 11.0. The molecule has 0 aliphatic carbocycles. The maximum Gasteiger partial charge on any atom is 0.200 e. The van der Waals surface area contributed by atoms with Crippen molar-refractivity contribution in [3.05, 3.63) is 71.4 Å². The zero-order valence-corrected chi connectivity index (χ0v) is 12.7. The van der Waals surface area contributed by atoms with Crippen molar-refractivity contribution < 1.29 is 4.39 Å². The Labute approximate surface area is 136 Å². The van der Waals surface area contributed by atoms with E-state index in [1.807, 2.05) is 30.3 Å². The Morgan fingerprint density at radius 2 is 1.87 bits per heavy atom. The molecule has 0 radical (unpaired) electrons. The molecule has 0 saturated heterocycles. The number of rotatable bonds is 2. The molecule has 0 bridgehead atoms. The van der Waals surface area contributed by atoms with Gasteiger partial charge in [-0.15, -0.1) is 0 Å². The lowest BCUT2D eigenvalue weighted by Gasteiger charge is -2.10. The SMILES string of the molecule is Fc1ccccc1-c1n[nH]c(=S)n1-c1cccc2ncccc12. The monoisotopic (exact) mass is 322 g/mol. The van der Waals surface area contributed by atoms with E-state index in [0.717, 1.165) is 16.6 Å². The topological polar surface area (TPSA) is 46.5 Å². The molecular weight excluding hydrogens is 311 g/mol. The molecule has 0 atom stereocenters. The zero-order valence-electron chi connectivity index (χ0n) is 11.9. The second-order valence-corrected chi connectivity index (χ2v) is 5.40. The Morgan fingerprint density at radius 3 is 2.74 bits per heavy atom. The number of aromatic nitrogens is 4. The van der Waals surface area contributed by atoms with Crippen molar-refractivity contribution >= 4 is 23.1 Å². The van der Waals surface area contributed by atoms with Crippen molar-refractivity contribution in [2.45, 2.75) is 0 Å². The number of H-pyrrole nitrogens is 1. The van der Waals surface area contributed by atoms with E-state index >= 15 is 0 Å². The minimum atomic E-state index is -0.346. The van der Waals surface area contributed by atoms with Gasteiger partial charge < -0.3 is 0 Å². The molecule has 0 fully saturated rings. The van der Waals surface area contributed by atoms with Crippen molar-refractivity contribution in [3.63, 3.8) is 0 Å². The van der Waals surface area contributed by atoms with Crippen LogP contribution in [0.15, 0.2) is 60.8 Å². The number of nitrogens with one attached hydrogen (secondary N) is 1. The number of aromatic amines is 1. The van der Waals surface area contributed by atoms with Crippen molar-refractivity contribution in [1.82, 2.24) is 19.7 Å². The highest BCUT2D eigenvalue weighted by molar-refractivity contribution is 7.71. The second kappa shape index (κ2) is 5.40. The minimum absolute atomic E-state index is 0.346. The molecular formula is C17H11FN4S. The highest BCUT2D eigenvalue weighted by atomic mass is 32.1. The van der Waals surface area contributed by atoms with Gasteiger partial charge in [-0.25, -0.2) is 4.39 Å². The largest absolute Gasteiger partial charge is 0.267 e. The van der Waals surface area contributed by atoms with E-state index in [1.165, 1.54) is 6.07 Å². The number of fused-ring (bicyclic) bond motifs is 1. The van der Waals surface area contributed by atoms with E-state index < -0.39 is 0 Å². The number of hydrogen-bond donors (Lipinski definition) is 1. The Balaban J connectivity index is 2.06. The summed E-state index contributed by atoms with van der Waals surface area (Å²) >= 11 is 5.36. The number of hydrogen-bond acceptors (Lipinski definition) is 3. The Hall–Kier alpha value is -2.86. The van der Waals surface area contributed by atoms with Crippen LogP contribution in [0.3, 0.4) is 0 Å². The van der Waals surface area contributed by atoms with E-state index in [0.29, 0.717) is 16.2 Å². The van der Waals surface area contributed by atoms with Crippen LogP contribution in [0.4, 0.5) is 4.39 Å². The molecule has 2 aromatic carbocycles. The molecule has 0 aliphatic rings. The number of nitrogens with zero attached hydrogens (tertiary/aromatic N) is 3. The molecule has 4 aromatic rings. The van der Waals surface area contributed by atoms with Gasteiger partial charge in [0.15, 0.2) is 10.6 Å². The van der Waals surface area contributed by atoms with E-state index in [4.69, 9.17) is 12.2 Å².